The molecule has 17 heavy (non-hydrogen) atoms. The van der Waals surface area contributed by atoms with Crippen molar-refractivity contribution in [2.24, 2.45) is 0 Å². The summed E-state index contributed by atoms with van der Waals surface area (Å²) >= 11 is -5.03. The van der Waals surface area contributed by atoms with Gasteiger partial charge in [0.25, 0.3) is 0 Å². The van der Waals surface area contributed by atoms with E-state index in [-0.39, 0.29) is 16.0 Å². The second-order valence-corrected chi connectivity index (χ2v) is 6.71. The molecule has 0 aliphatic carbocycles. The zero-order chi connectivity index (χ0) is 13.1. The van der Waals surface area contributed by atoms with Crippen LogP contribution in [0.25, 0.3) is 0 Å². The van der Waals surface area contributed by atoms with E-state index in [2.05, 4.69) is 9.19 Å². The molecule has 1 rings (SSSR count). The number of benzene rings is 1. The van der Waals surface area contributed by atoms with Crippen molar-refractivity contribution in [2.45, 2.75) is 6.92 Å². The number of rotatable bonds is 4. The summed E-state index contributed by atoms with van der Waals surface area (Å²) in [6, 6.07) is 4.11. The summed E-state index contributed by atoms with van der Waals surface area (Å²) < 4.78 is 29.3. The summed E-state index contributed by atoms with van der Waals surface area (Å²) in [6.07, 6.45) is 0. The SMILES string of the molecule is COc1ccc(NC(C)=O)cc1[As](=O)(O)OO. The predicted octanol–water partition coefficient (Wildman–Crippen LogP) is -0.288. The van der Waals surface area contributed by atoms with Gasteiger partial charge in [0.05, 0.1) is 0 Å². The van der Waals surface area contributed by atoms with Crippen LogP contribution >= 0.6 is 0 Å². The van der Waals surface area contributed by atoms with Crippen molar-refractivity contribution in [1.82, 2.24) is 0 Å². The van der Waals surface area contributed by atoms with Gasteiger partial charge in [0.2, 0.25) is 0 Å². The molecule has 1 aromatic rings. The zero-order valence-electron chi connectivity index (χ0n) is 9.21. The number of amides is 1. The summed E-state index contributed by atoms with van der Waals surface area (Å²) in [7, 11) is 1.31. The molecule has 1 unspecified atom stereocenters. The quantitative estimate of drug-likeness (QED) is 0.401. The molecular weight excluding hydrogens is 293 g/mol. The molecule has 0 aliphatic rings. The van der Waals surface area contributed by atoms with Crippen molar-refractivity contribution >= 4 is 30.1 Å². The topological polar surface area (TPSA) is 105 Å². The molecule has 0 bridgehead atoms. The minimum atomic E-state index is -5.03. The molecule has 0 heterocycles. The third-order valence-corrected chi connectivity index (χ3v) is 4.39. The number of nitrogens with one attached hydrogen (secondary N) is 1. The molecule has 1 atom stereocenters. The Morgan fingerprint density at radius 3 is 2.59 bits per heavy atom. The van der Waals surface area contributed by atoms with Crippen molar-refractivity contribution in [3.05, 3.63) is 18.2 Å². The molecule has 0 saturated carbocycles. The van der Waals surface area contributed by atoms with E-state index < -0.39 is 14.2 Å². The van der Waals surface area contributed by atoms with Crippen molar-refractivity contribution in [2.75, 3.05) is 12.4 Å². The second-order valence-electron chi connectivity index (χ2n) is 3.17. The Labute approximate surface area is 100 Å². The summed E-state index contributed by atoms with van der Waals surface area (Å²) in [4.78, 5) is 10.8. The van der Waals surface area contributed by atoms with E-state index in [1.807, 2.05) is 0 Å². The molecule has 0 radical (unpaired) electrons. The molecule has 0 spiro atoms. The number of ether oxygens (including phenoxy) is 1. The normalized spacial score (nSPS) is 13.9. The van der Waals surface area contributed by atoms with E-state index >= 15 is 0 Å². The average molecular weight is 305 g/mol. The van der Waals surface area contributed by atoms with Crippen LogP contribution in [0, 0.1) is 0 Å². The molecule has 7 nitrogen and oxygen atoms in total. The molecule has 0 fully saturated rings. The van der Waals surface area contributed by atoms with Crippen LogP contribution in [0.1, 0.15) is 6.92 Å². The van der Waals surface area contributed by atoms with Gasteiger partial charge >= 0.3 is 99.9 Å². The van der Waals surface area contributed by atoms with Gasteiger partial charge in [-0.2, -0.15) is 0 Å². The first-order valence-electron chi connectivity index (χ1n) is 4.53. The standard InChI is InChI=1S/C9H12AsNO6/c1-6(12)11-7-3-4-9(16-2)8(5-7)10(13,14)17-15/h3-5,15H,1-2H3,(H,11,12)(H,13,14). The molecule has 0 aromatic heterocycles. The van der Waals surface area contributed by atoms with Crippen LogP contribution in [-0.4, -0.2) is 36.5 Å². The third kappa shape index (κ3) is 3.34. The van der Waals surface area contributed by atoms with E-state index in [4.69, 9.17) is 9.99 Å². The van der Waals surface area contributed by atoms with Gasteiger partial charge in [-0.3, -0.25) is 0 Å². The molecular formula is C9H12AsNO6. The van der Waals surface area contributed by atoms with Gasteiger partial charge in [0.1, 0.15) is 0 Å². The monoisotopic (exact) mass is 305 g/mol. The molecule has 3 N–H and O–H groups in total. The van der Waals surface area contributed by atoms with Crippen LogP contribution in [0.5, 0.6) is 5.75 Å². The van der Waals surface area contributed by atoms with Crippen LogP contribution in [0.2, 0.25) is 0 Å². The summed E-state index contributed by atoms with van der Waals surface area (Å²) in [6.45, 7) is 1.30. The molecule has 0 saturated heterocycles. The average Bonchev–Trinajstić information content (AvgIpc) is 2.28. The predicted molar refractivity (Wildman–Crippen MR) is 59.3 cm³/mol. The van der Waals surface area contributed by atoms with Gasteiger partial charge in [-0.05, 0) is 0 Å². The van der Waals surface area contributed by atoms with E-state index in [0.717, 1.165) is 0 Å². The van der Waals surface area contributed by atoms with Crippen molar-refractivity contribution in [1.29, 1.82) is 0 Å². The summed E-state index contributed by atoms with van der Waals surface area (Å²) in [5, 5.41) is 10.8. The number of anilines is 1. The van der Waals surface area contributed by atoms with Crippen molar-refractivity contribution in [3.63, 3.8) is 0 Å². The fourth-order valence-electron chi connectivity index (χ4n) is 1.24. The molecule has 94 valence electrons. The van der Waals surface area contributed by atoms with Crippen molar-refractivity contribution in [3.8, 4) is 5.75 Å². The maximum absolute atomic E-state index is 11.6. The number of methoxy groups -OCH3 is 1. The Bertz CT molecular complexity index is 475. The number of hydrogen-bond donors (Lipinski definition) is 3. The van der Waals surface area contributed by atoms with Gasteiger partial charge < -0.3 is 0 Å². The summed E-state index contributed by atoms with van der Waals surface area (Å²) in [5.74, 6) is -0.232. The van der Waals surface area contributed by atoms with Gasteiger partial charge in [-0.15, -0.1) is 0 Å². The van der Waals surface area contributed by atoms with Crippen LogP contribution < -0.4 is 14.4 Å². The Hall–Kier alpha value is -1.27. The van der Waals surface area contributed by atoms with Crippen LogP contribution in [0.3, 0.4) is 0 Å². The number of carbonyl (C=O) groups is 1. The van der Waals surface area contributed by atoms with Crippen LogP contribution in [-0.2, 0) is 12.4 Å². The first kappa shape index (κ1) is 13.8. The molecule has 0 aliphatic heterocycles. The Morgan fingerprint density at radius 1 is 1.47 bits per heavy atom. The molecule has 1 amide bonds. The van der Waals surface area contributed by atoms with Crippen molar-refractivity contribution < 1.29 is 26.5 Å². The molecule has 1 aromatic carbocycles. The minimum absolute atomic E-state index is 0.0955. The Kier molecular flexibility index (Phi) is 4.36. The fraction of sp³-hybridized carbons (Fsp3) is 0.222. The Morgan fingerprint density at radius 2 is 2.12 bits per heavy atom. The second kappa shape index (κ2) is 5.37. The maximum atomic E-state index is 11.6. The fourth-order valence-corrected chi connectivity index (χ4v) is 2.99. The van der Waals surface area contributed by atoms with Crippen LogP contribution in [0.15, 0.2) is 18.2 Å². The van der Waals surface area contributed by atoms with E-state index in [1.54, 1.807) is 0 Å². The van der Waals surface area contributed by atoms with Gasteiger partial charge in [-0.1, -0.05) is 0 Å². The van der Waals surface area contributed by atoms with E-state index in [9.17, 15) is 12.6 Å². The number of hydrogen-bond acceptors (Lipinski definition) is 5. The third-order valence-electron chi connectivity index (χ3n) is 1.91. The Balaban J connectivity index is 3.24. The van der Waals surface area contributed by atoms with E-state index in [1.165, 1.54) is 32.2 Å². The van der Waals surface area contributed by atoms with Crippen LogP contribution in [0.4, 0.5) is 5.69 Å². The van der Waals surface area contributed by atoms with Gasteiger partial charge in [0.15, 0.2) is 0 Å². The summed E-state index contributed by atoms with van der Waals surface area (Å²) in [5.41, 5.74) is 0.307. The molecule has 8 heteroatoms. The number of carbonyl (C=O) groups excluding carboxylic acids is 1. The van der Waals surface area contributed by atoms with E-state index in [0.29, 0.717) is 5.69 Å². The van der Waals surface area contributed by atoms with Gasteiger partial charge in [-0.25, -0.2) is 0 Å². The first-order chi connectivity index (χ1) is 7.90. The zero-order valence-corrected chi connectivity index (χ0v) is 11.1. The first-order valence-corrected chi connectivity index (χ1v) is 7.84. The van der Waals surface area contributed by atoms with Gasteiger partial charge in [0, 0.05) is 0 Å².